The Morgan fingerprint density at radius 3 is 2.19 bits per heavy atom. The van der Waals surface area contributed by atoms with Crippen LogP contribution >= 0.6 is 0 Å². The Labute approximate surface area is 92.0 Å². The average molecular weight is 228 g/mol. The molecular weight excluding hydrogens is 216 g/mol. The number of carbonyl (C=O) groups is 1. The van der Waals surface area contributed by atoms with E-state index in [0.29, 0.717) is 0 Å². The van der Waals surface area contributed by atoms with Crippen molar-refractivity contribution in [2.45, 2.75) is 0 Å². The fraction of sp³-hybridized carbons (Fsp3) is 0.300. The summed E-state index contributed by atoms with van der Waals surface area (Å²) in [4.78, 5) is 11.3. The van der Waals surface area contributed by atoms with Crippen molar-refractivity contribution in [2.24, 2.45) is 0 Å². The van der Waals surface area contributed by atoms with Crippen molar-refractivity contribution in [3.8, 4) is 23.0 Å². The Kier molecular flexibility index (Phi) is 3.44. The molecule has 1 aromatic carbocycles. The second-order valence-corrected chi connectivity index (χ2v) is 2.85. The molecule has 1 rings (SSSR count). The van der Waals surface area contributed by atoms with E-state index >= 15 is 0 Å². The Morgan fingerprint density at radius 2 is 1.75 bits per heavy atom. The largest absolute Gasteiger partial charge is 0.504 e. The smallest absolute Gasteiger partial charge is 0.341 e. The van der Waals surface area contributed by atoms with Crippen LogP contribution in [0.4, 0.5) is 0 Å². The van der Waals surface area contributed by atoms with Gasteiger partial charge in [0.1, 0.15) is 5.56 Å². The van der Waals surface area contributed by atoms with Crippen molar-refractivity contribution in [3.63, 3.8) is 0 Å². The zero-order chi connectivity index (χ0) is 12.3. The minimum Gasteiger partial charge on any atom is -0.504 e. The first-order valence-corrected chi connectivity index (χ1v) is 4.32. The van der Waals surface area contributed by atoms with E-state index in [0.717, 1.165) is 0 Å². The van der Waals surface area contributed by atoms with Gasteiger partial charge in [0, 0.05) is 6.07 Å². The first-order chi connectivity index (χ1) is 7.56. The predicted octanol–water partition coefficient (Wildman–Crippen LogP) is 0.902. The lowest BCUT2D eigenvalue weighted by Crippen LogP contribution is -2.03. The average Bonchev–Trinajstić information content (AvgIpc) is 2.29. The number of hydrogen-bond donors (Lipinski definition) is 2. The van der Waals surface area contributed by atoms with E-state index in [1.54, 1.807) is 0 Å². The van der Waals surface area contributed by atoms with E-state index in [4.69, 9.17) is 9.47 Å². The van der Waals surface area contributed by atoms with Crippen LogP contribution in [0.3, 0.4) is 0 Å². The van der Waals surface area contributed by atoms with Crippen LogP contribution in [0.25, 0.3) is 0 Å². The molecule has 0 bridgehead atoms. The minimum atomic E-state index is -0.755. The fourth-order valence-electron chi connectivity index (χ4n) is 1.23. The molecule has 0 aliphatic rings. The van der Waals surface area contributed by atoms with Gasteiger partial charge in [-0.25, -0.2) is 4.79 Å². The standard InChI is InChI=1S/C10H12O6/c1-14-6-4-5(10(13)16-3)7(11)9(15-2)8(6)12/h4,11-12H,1-3H3. The highest BCUT2D eigenvalue weighted by molar-refractivity contribution is 5.94. The van der Waals surface area contributed by atoms with Crippen molar-refractivity contribution in [1.29, 1.82) is 0 Å². The van der Waals surface area contributed by atoms with Crippen LogP contribution in [0, 0.1) is 0 Å². The molecule has 0 spiro atoms. The molecule has 16 heavy (non-hydrogen) atoms. The fourth-order valence-corrected chi connectivity index (χ4v) is 1.23. The Morgan fingerprint density at radius 1 is 1.12 bits per heavy atom. The molecule has 0 aromatic heterocycles. The monoisotopic (exact) mass is 228 g/mol. The summed E-state index contributed by atoms with van der Waals surface area (Å²) in [5.74, 6) is -1.85. The number of benzene rings is 1. The van der Waals surface area contributed by atoms with Crippen LogP contribution in [0.2, 0.25) is 0 Å². The lowest BCUT2D eigenvalue weighted by Gasteiger charge is -2.12. The van der Waals surface area contributed by atoms with E-state index in [1.807, 2.05) is 0 Å². The maximum atomic E-state index is 11.3. The number of rotatable bonds is 3. The van der Waals surface area contributed by atoms with Crippen LogP contribution in [0.15, 0.2) is 6.07 Å². The van der Waals surface area contributed by atoms with Crippen LogP contribution in [-0.4, -0.2) is 37.5 Å². The topological polar surface area (TPSA) is 85.2 Å². The first kappa shape index (κ1) is 12.0. The van der Waals surface area contributed by atoms with Gasteiger partial charge in [-0.3, -0.25) is 0 Å². The molecule has 6 nitrogen and oxygen atoms in total. The maximum absolute atomic E-state index is 11.3. The normalized spacial score (nSPS) is 9.69. The molecule has 0 unspecified atom stereocenters. The molecule has 2 N–H and O–H groups in total. The van der Waals surface area contributed by atoms with Crippen molar-refractivity contribution >= 4 is 5.97 Å². The maximum Gasteiger partial charge on any atom is 0.341 e. The van der Waals surface area contributed by atoms with Gasteiger partial charge >= 0.3 is 5.97 Å². The predicted molar refractivity (Wildman–Crippen MR) is 54.2 cm³/mol. The summed E-state index contributed by atoms with van der Waals surface area (Å²) in [5, 5.41) is 19.2. The Balaban J connectivity index is 3.46. The first-order valence-electron chi connectivity index (χ1n) is 4.32. The molecule has 6 heteroatoms. The number of hydrogen-bond acceptors (Lipinski definition) is 6. The molecule has 0 amide bonds. The summed E-state index contributed by atoms with van der Waals surface area (Å²) in [6.45, 7) is 0. The van der Waals surface area contributed by atoms with E-state index in [-0.39, 0.29) is 22.8 Å². The van der Waals surface area contributed by atoms with E-state index in [1.165, 1.54) is 27.4 Å². The quantitative estimate of drug-likeness (QED) is 0.747. The van der Waals surface area contributed by atoms with E-state index in [2.05, 4.69) is 4.74 Å². The van der Waals surface area contributed by atoms with Crippen molar-refractivity contribution in [3.05, 3.63) is 11.6 Å². The summed E-state index contributed by atoms with van der Waals surface area (Å²) in [7, 11) is 3.73. The number of ether oxygens (including phenoxy) is 3. The van der Waals surface area contributed by atoms with Gasteiger partial charge in [0.2, 0.25) is 11.5 Å². The highest BCUT2D eigenvalue weighted by Gasteiger charge is 2.23. The van der Waals surface area contributed by atoms with E-state index in [9.17, 15) is 15.0 Å². The molecule has 0 aliphatic heterocycles. The minimum absolute atomic E-state index is 0.00931. The third-order valence-electron chi connectivity index (χ3n) is 2.02. The zero-order valence-electron chi connectivity index (χ0n) is 9.10. The summed E-state index contributed by atoms with van der Waals surface area (Å²) < 4.78 is 14.1. The van der Waals surface area contributed by atoms with E-state index < -0.39 is 11.7 Å². The van der Waals surface area contributed by atoms with Crippen molar-refractivity contribution in [1.82, 2.24) is 0 Å². The number of phenolic OH excluding ortho intramolecular Hbond substituents is 2. The molecule has 0 aliphatic carbocycles. The van der Waals surface area contributed by atoms with Gasteiger partial charge < -0.3 is 24.4 Å². The molecular formula is C10H12O6. The van der Waals surface area contributed by atoms with Crippen molar-refractivity contribution < 1.29 is 29.2 Å². The van der Waals surface area contributed by atoms with Gasteiger partial charge in [-0.15, -0.1) is 0 Å². The molecule has 0 saturated carbocycles. The van der Waals surface area contributed by atoms with Gasteiger partial charge in [-0.2, -0.15) is 0 Å². The van der Waals surface area contributed by atoms with Crippen molar-refractivity contribution in [2.75, 3.05) is 21.3 Å². The number of esters is 1. The third-order valence-corrected chi connectivity index (χ3v) is 2.02. The second kappa shape index (κ2) is 4.61. The molecule has 88 valence electrons. The highest BCUT2D eigenvalue weighted by atomic mass is 16.5. The summed E-state index contributed by atoms with van der Waals surface area (Å²) in [5.41, 5.74) is -0.144. The molecule has 0 radical (unpaired) electrons. The molecule has 1 aromatic rings. The summed E-state index contributed by atoms with van der Waals surface area (Å²) in [6, 6.07) is 1.17. The van der Waals surface area contributed by atoms with Crippen LogP contribution in [-0.2, 0) is 4.74 Å². The molecule has 0 atom stereocenters. The SMILES string of the molecule is COC(=O)c1cc(OC)c(O)c(OC)c1O. The highest BCUT2D eigenvalue weighted by Crippen LogP contribution is 2.45. The summed E-state index contributed by atoms with van der Waals surface area (Å²) >= 11 is 0. The van der Waals surface area contributed by atoms with Gasteiger partial charge in [0.05, 0.1) is 21.3 Å². The number of methoxy groups -OCH3 is 3. The Hall–Kier alpha value is -2.11. The van der Waals surface area contributed by atoms with Gasteiger partial charge in [-0.1, -0.05) is 0 Å². The third kappa shape index (κ3) is 1.81. The lowest BCUT2D eigenvalue weighted by molar-refractivity contribution is 0.0596. The molecule has 0 heterocycles. The molecule has 0 saturated heterocycles. The number of carbonyl (C=O) groups excluding carboxylic acids is 1. The zero-order valence-corrected chi connectivity index (χ0v) is 9.10. The van der Waals surface area contributed by atoms with Gasteiger partial charge in [-0.05, 0) is 0 Å². The van der Waals surface area contributed by atoms with Crippen LogP contribution in [0.5, 0.6) is 23.0 Å². The second-order valence-electron chi connectivity index (χ2n) is 2.85. The van der Waals surface area contributed by atoms with Gasteiger partial charge in [0.25, 0.3) is 0 Å². The number of phenols is 2. The lowest BCUT2D eigenvalue weighted by atomic mass is 10.1. The number of aromatic hydroxyl groups is 2. The summed E-state index contributed by atoms with van der Waals surface area (Å²) in [6.07, 6.45) is 0. The Bertz CT molecular complexity index is 412. The van der Waals surface area contributed by atoms with Gasteiger partial charge in [0.15, 0.2) is 11.5 Å². The van der Waals surface area contributed by atoms with Crippen LogP contribution in [0.1, 0.15) is 10.4 Å². The van der Waals surface area contributed by atoms with Crippen LogP contribution < -0.4 is 9.47 Å². The molecule has 0 fully saturated rings.